The predicted octanol–water partition coefficient (Wildman–Crippen LogP) is 3.88. The minimum atomic E-state index is 0.585. The van der Waals surface area contributed by atoms with Crippen LogP contribution in [0.2, 0.25) is 0 Å². The molecular weight excluding hydrogens is 262 g/mol. The molecule has 2 aromatic carbocycles. The Bertz CT molecular complexity index is 506. The smallest absolute Gasteiger partial charge is 0.0181 e. The van der Waals surface area contributed by atoms with Gasteiger partial charge in [-0.1, -0.05) is 40.2 Å². The maximum Gasteiger partial charge on any atom is 0.0181 e. The van der Waals surface area contributed by atoms with Crippen molar-refractivity contribution in [2.75, 3.05) is 0 Å². The van der Waals surface area contributed by atoms with Crippen LogP contribution >= 0.6 is 15.9 Å². The van der Waals surface area contributed by atoms with Gasteiger partial charge >= 0.3 is 0 Å². The van der Waals surface area contributed by atoms with Crippen LogP contribution in [0.5, 0.6) is 0 Å². The molecule has 82 valence electrons. The van der Waals surface area contributed by atoms with Gasteiger partial charge in [0.25, 0.3) is 0 Å². The molecule has 0 aliphatic carbocycles. The lowest BCUT2D eigenvalue weighted by Crippen LogP contribution is -1.97. The summed E-state index contributed by atoms with van der Waals surface area (Å²) in [4.78, 5) is 0. The van der Waals surface area contributed by atoms with Gasteiger partial charge in [0.15, 0.2) is 0 Å². The zero-order valence-corrected chi connectivity index (χ0v) is 10.8. The molecule has 0 saturated heterocycles. The van der Waals surface area contributed by atoms with Gasteiger partial charge in [0.1, 0.15) is 0 Å². The van der Waals surface area contributed by atoms with Crippen LogP contribution in [0.1, 0.15) is 11.1 Å². The molecule has 0 fully saturated rings. The van der Waals surface area contributed by atoms with E-state index in [9.17, 15) is 0 Å². The van der Waals surface area contributed by atoms with Crippen LogP contribution in [0.3, 0.4) is 0 Å². The lowest BCUT2D eigenvalue weighted by Gasteiger charge is -2.08. The average molecular weight is 276 g/mol. The van der Waals surface area contributed by atoms with Crippen molar-refractivity contribution >= 4 is 15.9 Å². The number of hydrogen-bond donors (Lipinski definition) is 1. The number of benzene rings is 2. The van der Waals surface area contributed by atoms with Gasteiger partial charge in [0.2, 0.25) is 0 Å². The fraction of sp³-hybridized carbons (Fsp3) is 0.143. The molecule has 2 N–H and O–H groups in total. The van der Waals surface area contributed by atoms with Gasteiger partial charge in [0, 0.05) is 11.0 Å². The highest BCUT2D eigenvalue weighted by atomic mass is 79.9. The first-order chi connectivity index (χ1) is 7.70. The molecule has 2 aromatic rings. The van der Waals surface area contributed by atoms with Crippen molar-refractivity contribution in [2.45, 2.75) is 13.5 Å². The van der Waals surface area contributed by atoms with Crippen molar-refractivity contribution in [1.82, 2.24) is 0 Å². The Morgan fingerprint density at radius 2 is 1.94 bits per heavy atom. The van der Waals surface area contributed by atoms with E-state index >= 15 is 0 Å². The molecule has 0 radical (unpaired) electrons. The monoisotopic (exact) mass is 275 g/mol. The van der Waals surface area contributed by atoms with Gasteiger partial charge in [-0.3, -0.25) is 0 Å². The predicted molar refractivity (Wildman–Crippen MR) is 72.2 cm³/mol. The van der Waals surface area contributed by atoms with E-state index in [1.54, 1.807) is 0 Å². The highest BCUT2D eigenvalue weighted by Crippen LogP contribution is 2.26. The molecule has 0 saturated carbocycles. The lowest BCUT2D eigenvalue weighted by atomic mass is 9.98. The Kier molecular flexibility index (Phi) is 3.42. The minimum Gasteiger partial charge on any atom is -0.326 e. The van der Waals surface area contributed by atoms with Crippen molar-refractivity contribution in [3.63, 3.8) is 0 Å². The minimum absolute atomic E-state index is 0.585. The van der Waals surface area contributed by atoms with Crippen molar-refractivity contribution in [2.24, 2.45) is 5.73 Å². The first-order valence-corrected chi connectivity index (χ1v) is 6.05. The fourth-order valence-corrected chi connectivity index (χ4v) is 2.16. The Labute approximate surface area is 104 Å². The van der Waals surface area contributed by atoms with Crippen LogP contribution in [0.25, 0.3) is 11.1 Å². The van der Waals surface area contributed by atoms with Gasteiger partial charge < -0.3 is 5.73 Å². The summed E-state index contributed by atoms with van der Waals surface area (Å²) < 4.78 is 1.10. The van der Waals surface area contributed by atoms with Gasteiger partial charge in [0.05, 0.1) is 0 Å². The maximum atomic E-state index is 5.67. The van der Waals surface area contributed by atoms with Crippen LogP contribution in [0.4, 0.5) is 0 Å². The fourth-order valence-electron chi connectivity index (χ4n) is 1.76. The molecule has 16 heavy (non-hydrogen) atoms. The normalized spacial score (nSPS) is 10.4. The molecule has 0 aromatic heterocycles. The van der Waals surface area contributed by atoms with Crippen LogP contribution in [-0.2, 0) is 6.54 Å². The standard InChI is InChI=1S/C14H14BrN/c1-10-5-6-11(9-16)7-14(10)12-3-2-4-13(15)8-12/h2-8H,9,16H2,1H3. The van der Waals surface area contributed by atoms with Gasteiger partial charge in [-0.15, -0.1) is 0 Å². The van der Waals surface area contributed by atoms with Crippen molar-refractivity contribution in [1.29, 1.82) is 0 Å². The number of rotatable bonds is 2. The molecule has 0 heterocycles. The molecule has 0 aliphatic heterocycles. The molecule has 0 spiro atoms. The lowest BCUT2D eigenvalue weighted by molar-refractivity contribution is 1.07. The molecule has 0 atom stereocenters. The molecule has 2 rings (SSSR count). The summed E-state index contributed by atoms with van der Waals surface area (Å²) in [6.45, 7) is 2.71. The summed E-state index contributed by atoms with van der Waals surface area (Å²) in [5.41, 5.74) is 10.6. The van der Waals surface area contributed by atoms with Gasteiger partial charge in [-0.2, -0.15) is 0 Å². The van der Waals surface area contributed by atoms with E-state index in [4.69, 9.17) is 5.73 Å². The second-order valence-electron chi connectivity index (χ2n) is 3.86. The van der Waals surface area contributed by atoms with E-state index in [0.717, 1.165) is 4.47 Å². The third kappa shape index (κ3) is 2.34. The van der Waals surface area contributed by atoms with E-state index in [0.29, 0.717) is 6.54 Å². The Hall–Kier alpha value is -1.12. The molecule has 0 amide bonds. The highest BCUT2D eigenvalue weighted by molar-refractivity contribution is 9.10. The highest BCUT2D eigenvalue weighted by Gasteiger charge is 2.03. The Morgan fingerprint density at radius 1 is 1.12 bits per heavy atom. The average Bonchev–Trinajstić information content (AvgIpc) is 2.30. The number of halogens is 1. The third-order valence-electron chi connectivity index (χ3n) is 2.67. The van der Waals surface area contributed by atoms with E-state index < -0.39 is 0 Å². The van der Waals surface area contributed by atoms with Crippen LogP contribution < -0.4 is 5.73 Å². The molecular formula is C14H14BrN. The zero-order valence-electron chi connectivity index (χ0n) is 9.20. The third-order valence-corrected chi connectivity index (χ3v) is 3.17. The molecule has 1 nitrogen and oxygen atoms in total. The van der Waals surface area contributed by atoms with Crippen LogP contribution in [0.15, 0.2) is 46.9 Å². The zero-order chi connectivity index (χ0) is 11.5. The van der Waals surface area contributed by atoms with E-state index in [2.05, 4.69) is 53.2 Å². The summed E-state index contributed by atoms with van der Waals surface area (Å²) in [6.07, 6.45) is 0. The van der Waals surface area contributed by atoms with Crippen LogP contribution in [-0.4, -0.2) is 0 Å². The second-order valence-corrected chi connectivity index (χ2v) is 4.78. The molecule has 0 unspecified atom stereocenters. The van der Waals surface area contributed by atoms with E-state index in [1.807, 2.05) is 12.1 Å². The Balaban J connectivity index is 2.54. The quantitative estimate of drug-likeness (QED) is 0.885. The molecule has 0 aliphatic rings. The Morgan fingerprint density at radius 3 is 2.62 bits per heavy atom. The maximum absolute atomic E-state index is 5.67. The summed E-state index contributed by atoms with van der Waals surface area (Å²) >= 11 is 3.49. The SMILES string of the molecule is Cc1ccc(CN)cc1-c1cccc(Br)c1. The number of aryl methyl sites for hydroxylation is 1. The first-order valence-electron chi connectivity index (χ1n) is 5.26. The number of hydrogen-bond acceptors (Lipinski definition) is 1. The second kappa shape index (κ2) is 4.81. The summed E-state index contributed by atoms with van der Waals surface area (Å²) in [6, 6.07) is 14.7. The largest absolute Gasteiger partial charge is 0.326 e. The van der Waals surface area contributed by atoms with Crippen LogP contribution in [0, 0.1) is 6.92 Å². The number of nitrogens with two attached hydrogens (primary N) is 1. The molecule has 0 bridgehead atoms. The van der Waals surface area contributed by atoms with Gasteiger partial charge in [-0.05, 0) is 47.4 Å². The van der Waals surface area contributed by atoms with Gasteiger partial charge in [-0.25, -0.2) is 0 Å². The van der Waals surface area contributed by atoms with E-state index in [-0.39, 0.29) is 0 Å². The summed E-state index contributed by atoms with van der Waals surface area (Å²) in [5.74, 6) is 0. The van der Waals surface area contributed by atoms with E-state index in [1.165, 1.54) is 22.3 Å². The topological polar surface area (TPSA) is 26.0 Å². The molecule has 2 heteroatoms. The summed E-state index contributed by atoms with van der Waals surface area (Å²) in [7, 11) is 0. The summed E-state index contributed by atoms with van der Waals surface area (Å²) in [5, 5.41) is 0. The van der Waals surface area contributed by atoms with Crippen molar-refractivity contribution in [3.8, 4) is 11.1 Å². The first kappa shape index (κ1) is 11.4. The van der Waals surface area contributed by atoms with Crippen molar-refractivity contribution in [3.05, 3.63) is 58.1 Å². The van der Waals surface area contributed by atoms with Crippen molar-refractivity contribution < 1.29 is 0 Å².